The number of carboxylic acid groups (broad SMARTS) is 1. The molecule has 0 aliphatic rings. The molecule has 1 aromatic rings. The lowest BCUT2D eigenvalue weighted by molar-refractivity contribution is -0.137. The third-order valence-electron chi connectivity index (χ3n) is 3.25. The molecular formula is C14H20FNO4S. The molecule has 0 amide bonds. The molecule has 0 radical (unpaired) electrons. The monoisotopic (exact) mass is 317 g/mol. The van der Waals surface area contributed by atoms with Crippen LogP contribution in [0.2, 0.25) is 0 Å². The van der Waals surface area contributed by atoms with Gasteiger partial charge in [-0.2, -0.15) is 4.31 Å². The number of hydrogen-bond donors (Lipinski definition) is 1. The van der Waals surface area contributed by atoms with Crippen molar-refractivity contribution < 1.29 is 22.7 Å². The Kier molecular flexibility index (Phi) is 6.29. The van der Waals surface area contributed by atoms with Crippen molar-refractivity contribution in [2.75, 3.05) is 12.3 Å². The molecule has 0 aromatic heterocycles. The maximum atomic E-state index is 12.9. The van der Waals surface area contributed by atoms with Gasteiger partial charge in [0.05, 0.1) is 5.75 Å². The molecule has 0 aliphatic heterocycles. The summed E-state index contributed by atoms with van der Waals surface area (Å²) in [5, 5.41) is 8.58. The van der Waals surface area contributed by atoms with Gasteiger partial charge in [-0.05, 0) is 31.0 Å². The Morgan fingerprint density at radius 3 is 2.38 bits per heavy atom. The lowest BCUT2D eigenvalue weighted by Gasteiger charge is -2.27. The minimum atomic E-state index is -3.55. The van der Waals surface area contributed by atoms with Crippen molar-refractivity contribution in [3.05, 3.63) is 35.6 Å². The van der Waals surface area contributed by atoms with Crippen LogP contribution in [0.25, 0.3) is 0 Å². The molecule has 0 heterocycles. The molecule has 7 heteroatoms. The summed E-state index contributed by atoms with van der Waals surface area (Å²) >= 11 is 0. The lowest BCUT2D eigenvalue weighted by atomic mass is 10.1. The van der Waals surface area contributed by atoms with Crippen LogP contribution < -0.4 is 0 Å². The lowest BCUT2D eigenvalue weighted by Crippen LogP contribution is -2.35. The summed E-state index contributed by atoms with van der Waals surface area (Å²) in [6, 6.07) is 5.25. The zero-order valence-electron chi connectivity index (χ0n) is 12.1. The number of benzene rings is 1. The summed E-state index contributed by atoms with van der Waals surface area (Å²) in [6.45, 7) is 3.72. The van der Waals surface area contributed by atoms with Crippen molar-refractivity contribution in [2.45, 2.75) is 32.7 Å². The molecule has 0 spiro atoms. The molecule has 1 rings (SSSR count). The Balaban J connectivity index is 2.84. The molecule has 0 bridgehead atoms. The maximum Gasteiger partial charge on any atom is 0.303 e. The van der Waals surface area contributed by atoms with E-state index in [1.54, 1.807) is 26.0 Å². The highest BCUT2D eigenvalue weighted by atomic mass is 32.2. The number of nitrogens with zero attached hydrogens (tertiary/aromatic N) is 1. The zero-order chi connectivity index (χ0) is 16.0. The summed E-state index contributed by atoms with van der Waals surface area (Å²) in [5.74, 6) is -1.60. The van der Waals surface area contributed by atoms with Crippen molar-refractivity contribution in [1.82, 2.24) is 4.31 Å². The van der Waals surface area contributed by atoms with Gasteiger partial charge >= 0.3 is 5.97 Å². The minimum Gasteiger partial charge on any atom is -0.481 e. The van der Waals surface area contributed by atoms with Crippen molar-refractivity contribution >= 4 is 16.0 Å². The average Bonchev–Trinajstić information content (AvgIpc) is 2.39. The Hall–Kier alpha value is -1.47. The molecule has 1 aromatic carbocycles. The van der Waals surface area contributed by atoms with E-state index in [1.165, 1.54) is 16.4 Å². The highest BCUT2D eigenvalue weighted by Crippen LogP contribution is 2.24. The highest BCUT2D eigenvalue weighted by Gasteiger charge is 2.26. The van der Waals surface area contributed by atoms with Crippen molar-refractivity contribution in [3.8, 4) is 0 Å². The van der Waals surface area contributed by atoms with Crippen LogP contribution in [0, 0.1) is 5.82 Å². The van der Waals surface area contributed by atoms with E-state index in [2.05, 4.69) is 0 Å². The van der Waals surface area contributed by atoms with Crippen LogP contribution in [0.1, 0.15) is 38.3 Å². The van der Waals surface area contributed by atoms with E-state index in [-0.39, 0.29) is 31.0 Å². The second-order valence-corrected chi connectivity index (χ2v) is 6.79. The van der Waals surface area contributed by atoms with Crippen LogP contribution >= 0.6 is 0 Å². The van der Waals surface area contributed by atoms with Crippen molar-refractivity contribution in [2.24, 2.45) is 0 Å². The van der Waals surface area contributed by atoms with Crippen LogP contribution in [-0.2, 0) is 14.8 Å². The molecule has 1 atom stereocenters. The second-order valence-electron chi connectivity index (χ2n) is 4.74. The predicted molar refractivity (Wildman–Crippen MR) is 77.9 cm³/mol. The number of rotatable bonds is 8. The smallest absolute Gasteiger partial charge is 0.303 e. The standard InChI is InChI=1S/C14H20FNO4S/c1-3-16(21(19,20)10-4-5-14(17)18)11(2)12-6-8-13(15)9-7-12/h6-9,11H,3-5,10H2,1-2H3,(H,17,18). The van der Waals surface area contributed by atoms with E-state index < -0.39 is 22.0 Å². The molecule has 1 unspecified atom stereocenters. The third-order valence-corrected chi connectivity index (χ3v) is 5.34. The van der Waals surface area contributed by atoms with Gasteiger partial charge in [0.2, 0.25) is 10.0 Å². The van der Waals surface area contributed by atoms with E-state index in [1.807, 2.05) is 0 Å². The van der Waals surface area contributed by atoms with Gasteiger partial charge in [-0.15, -0.1) is 0 Å². The highest BCUT2D eigenvalue weighted by molar-refractivity contribution is 7.89. The SMILES string of the molecule is CCN(C(C)c1ccc(F)cc1)S(=O)(=O)CCCC(=O)O. The first-order valence-corrected chi connectivity index (χ1v) is 8.35. The van der Waals surface area contributed by atoms with Gasteiger partial charge in [-0.25, -0.2) is 12.8 Å². The van der Waals surface area contributed by atoms with E-state index >= 15 is 0 Å². The summed E-state index contributed by atoms with van der Waals surface area (Å²) in [4.78, 5) is 10.5. The fourth-order valence-electron chi connectivity index (χ4n) is 2.14. The Morgan fingerprint density at radius 2 is 1.90 bits per heavy atom. The number of carboxylic acids is 1. The van der Waals surface area contributed by atoms with Gasteiger partial charge in [0.25, 0.3) is 0 Å². The number of sulfonamides is 1. The molecule has 0 fully saturated rings. The molecule has 1 N–H and O–H groups in total. The maximum absolute atomic E-state index is 12.9. The quantitative estimate of drug-likeness (QED) is 0.799. The fraction of sp³-hybridized carbons (Fsp3) is 0.500. The van der Waals surface area contributed by atoms with Gasteiger partial charge in [0, 0.05) is 19.0 Å². The fourth-order valence-corrected chi connectivity index (χ4v) is 3.88. The number of hydrogen-bond acceptors (Lipinski definition) is 3. The second kappa shape index (κ2) is 7.51. The largest absolute Gasteiger partial charge is 0.481 e. The number of halogens is 1. The Labute approximate surface area is 124 Å². The van der Waals surface area contributed by atoms with Crippen molar-refractivity contribution in [1.29, 1.82) is 0 Å². The molecule has 0 saturated heterocycles. The summed E-state index contributed by atoms with van der Waals surface area (Å²) in [5.41, 5.74) is 0.694. The summed E-state index contributed by atoms with van der Waals surface area (Å²) < 4.78 is 38.8. The Morgan fingerprint density at radius 1 is 1.33 bits per heavy atom. The van der Waals surface area contributed by atoms with Crippen LogP contribution in [0.4, 0.5) is 4.39 Å². The molecule has 0 aliphatic carbocycles. The van der Waals surface area contributed by atoms with Crippen LogP contribution in [0.5, 0.6) is 0 Å². The number of carbonyl (C=O) groups is 1. The van der Waals surface area contributed by atoms with Gasteiger partial charge in [-0.1, -0.05) is 19.1 Å². The van der Waals surface area contributed by atoms with Gasteiger partial charge in [0.15, 0.2) is 0 Å². The number of aliphatic carboxylic acids is 1. The average molecular weight is 317 g/mol. The molecule has 0 saturated carbocycles. The van der Waals surface area contributed by atoms with Crippen LogP contribution in [-0.4, -0.2) is 36.1 Å². The van der Waals surface area contributed by atoms with Gasteiger partial charge in [0.1, 0.15) is 5.82 Å². The Bertz CT molecular complexity index is 571. The van der Waals surface area contributed by atoms with E-state index in [4.69, 9.17) is 5.11 Å². The van der Waals surface area contributed by atoms with Gasteiger partial charge < -0.3 is 5.11 Å². The normalized spacial score (nSPS) is 13.3. The first-order valence-electron chi connectivity index (χ1n) is 6.74. The molecular weight excluding hydrogens is 297 g/mol. The van der Waals surface area contributed by atoms with Crippen LogP contribution in [0.15, 0.2) is 24.3 Å². The molecule has 118 valence electrons. The van der Waals surface area contributed by atoms with E-state index in [9.17, 15) is 17.6 Å². The molecule has 5 nitrogen and oxygen atoms in total. The third kappa shape index (κ3) is 5.09. The summed E-state index contributed by atoms with van der Waals surface area (Å²) in [7, 11) is -3.55. The minimum absolute atomic E-state index is 0.0737. The molecule has 21 heavy (non-hydrogen) atoms. The van der Waals surface area contributed by atoms with Crippen molar-refractivity contribution in [3.63, 3.8) is 0 Å². The zero-order valence-corrected chi connectivity index (χ0v) is 12.9. The topological polar surface area (TPSA) is 74.7 Å². The van der Waals surface area contributed by atoms with E-state index in [0.717, 1.165) is 0 Å². The van der Waals surface area contributed by atoms with Crippen LogP contribution in [0.3, 0.4) is 0 Å². The first-order chi connectivity index (χ1) is 9.77. The van der Waals surface area contributed by atoms with E-state index in [0.29, 0.717) is 5.56 Å². The first kappa shape index (κ1) is 17.6. The predicted octanol–water partition coefficient (Wildman–Crippen LogP) is 2.40. The van der Waals surface area contributed by atoms with Gasteiger partial charge in [-0.3, -0.25) is 4.79 Å². The summed E-state index contributed by atoms with van der Waals surface area (Å²) in [6.07, 6.45) is -0.105.